The maximum atomic E-state index is 12.2. The van der Waals surface area contributed by atoms with Crippen LogP contribution in [0.5, 0.6) is 5.75 Å². The van der Waals surface area contributed by atoms with Gasteiger partial charge >= 0.3 is 12.3 Å². The zero-order chi connectivity index (χ0) is 15.5. The predicted molar refractivity (Wildman–Crippen MR) is 65.5 cm³/mol. The molecular formula is C13H9F3N2O3. The molecule has 1 aromatic heterocycles. The molecule has 0 amide bonds. The highest BCUT2D eigenvalue weighted by atomic mass is 19.4. The number of carbonyl (C=O) groups excluding carboxylic acids is 1. The molecule has 0 bridgehead atoms. The molecule has 0 spiro atoms. The standard InChI is InChI=1S/C13H9F3N2O3/c1-20-12(19)10-5-6-17-11(18-10)8-3-2-4-9(7-8)21-13(14,15)16/h2-7H,1H3. The normalized spacial score (nSPS) is 11.0. The Morgan fingerprint density at radius 2 is 2.00 bits per heavy atom. The number of carbonyl (C=O) groups is 1. The van der Waals surface area contributed by atoms with Gasteiger partial charge in [-0.1, -0.05) is 12.1 Å². The second-order valence-electron chi connectivity index (χ2n) is 3.83. The summed E-state index contributed by atoms with van der Waals surface area (Å²) in [6, 6.07) is 6.49. The van der Waals surface area contributed by atoms with Gasteiger partial charge in [0.15, 0.2) is 11.5 Å². The number of hydrogen-bond acceptors (Lipinski definition) is 5. The minimum atomic E-state index is -4.78. The molecule has 1 aromatic carbocycles. The van der Waals surface area contributed by atoms with Crippen LogP contribution in [0.15, 0.2) is 36.5 Å². The van der Waals surface area contributed by atoms with Crippen LogP contribution in [0.25, 0.3) is 11.4 Å². The van der Waals surface area contributed by atoms with Crippen LogP contribution in [0, 0.1) is 0 Å². The third-order valence-electron chi connectivity index (χ3n) is 2.38. The fourth-order valence-electron chi connectivity index (χ4n) is 1.55. The van der Waals surface area contributed by atoms with Crippen LogP contribution in [0.4, 0.5) is 13.2 Å². The van der Waals surface area contributed by atoms with E-state index in [4.69, 9.17) is 0 Å². The number of alkyl halides is 3. The molecule has 0 radical (unpaired) electrons. The van der Waals surface area contributed by atoms with Gasteiger partial charge in [-0.05, 0) is 18.2 Å². The van der Waals surface area contributed by atoms with Crippen molar-refractivity contribution in [2.45, 2.75) is 6.36 Å². The van der Waals surface area contributed by atoms with Gasteiger partial charge in [0.1, 0.15) is 5.75 Å². The maximum Gasteiger partial charge on any atom is 0.573 e. The first kappa shape index (κ1) is 14.8. The van der Waals surface area contributed by atoms with Gasteiger partial charge in [-0.15, -0.1) is 13.2 Å². The second kappa shape index (κ2) is 5.78. The van der Waals surface area contributed by atoms with E-state index < -0.39 is 18.1 Å². The zero-order valence-corrected chi connectivity index (χ0v) is 10.7. The molecule has 21 heavy (non-hydrogen) atoms. The average molecular weight is 298 g/mol. The van der Waals surface area contributed by atoms with E-state index in [1.807, 2.05) is 0 Å². The molecule has 1 heterocycles. The van der Waals surface area contributed by atoms with Gasteiger partial charge in [-0.2, -0.15) is 0 Å². The first-order chi connectivity index (χ1) is 9.89. The molecule has 0 aliphatic rings. The van der Waals surface area contributed by atoms with Crippen molar-refractivity contribution in [2.75, 3.05) is 7.11 Å². The van der Waals surface area contributed by atoms with Crippen LogP contribution in [-0.2, 0) is 4.74 Å². The lowest BCUT2D eigenvalue weighted by Gasteiger charge is -2.09. The fourth-order valence-corrected chi connectivity index (χ4v) is 1.55. The number of nitrogens with zero attached hydrogens (tertiary/aromatic N) is 2. The summed E-state index contributed by atoms with van der Waals surface area (Å²) in [4.78, 5) is 19.2. The Morgan fingerprint density at radius 1 is 1.24 bits per heavy atom. The molecule has 0 aliphatic heterocycles. The Hall–Kier alpha value is -2.64. The summed E-state index contributed by atoms with van der Waals surface area (Å²) in [5.41, 5.74) is 0.284. The summed E-state index contributed by atoms with van der Waals surface area (Å²) in [7, 11) is 1.20. The Morgan fingerprint density at radius 3 is 2.67 bits per heavy atom. The molecule has 0 atom stereocenters. The molecule has 2 rings (SSSR count). The Bertz CT molecular complexity index is 659. The van der Waals surface area contributed by atoms with E-state index in [-0.39, 0.29) is 17.1 Å². The molecule has 5 nitrogen and oxygen atoms in total. The predicted octanol–water partition coefficient (Wildman–Crippen LogP) is 2.83. The molecule has 0 saturated carbocycles. The molecular weight excluding hydrogens is 289 g/mol. The Labute approximate surface area is 117 Å². The Balaban J connectivity index is 2.34. The highest BCUT2D eigenvalue weighted by molar-refractivity contribution is 5.87. The van der Waals surface area contributed by atoms with Crippen LogP contribution in [0.1, 0.15) is 10.5 Å². The molecule has 8 heteroatoms. The van der Waals surface area contributed by atoms with E-state index in [9.17, 15) is 18.0 Å². The lowest BCUT2D eigenvalue weighted by molar-refractivity contribution is -0.274. The summed E-state index contributed by atoms with van der Waals surface area (Å²) in [5, 5.41) is 0. The third-order valence-corrected chi connectivity index (χ3v) is 2.38. The SMILES string of the molecule is COC(=O)c1ccnc(-c2cccc(OC(F)(F)F)c2)n1. The van der Waals surface area contributed by atoms with Gasteiger partial charge in [0.25, 0.3) is 0 Å². The molecule has 0 unspecified atom stereocenters. The van der Waals surface area contributed by atoms with Crippen molar-refractivity contribution in [1.29, 1.82) is 0 Å². The fraction of sp³-hybridized carbons (Fsp3) is 0.154. The maximum absolute atomic E-state index is 12.2. The topological polar surface area (TPSA) is 61.3 Å². The number of rotatable bonds is 3. The van der Waals surface area contributed by atoms with Crippen molar-refractivity contribution in [3.05, 3.63) is 42.2 Å². The minimum Gasteiger partial charge on any atom is -0.464 e. The van der Waals surface area contributed by atoms with Gasteiger partial charge in [0.2, 0.25) is 0 Å². The van der Waals surface area contributed by atoms with Crippen molar-refractivity contribution in [3.63, 3.8) is 0 Å². The molecule has 0 saturated heterocycles. The lowest BCUT2D eigenvalue weighted by Crippen LogP contribution is -2.17. The van der Waals surface area contributed by atoms with E-state index in [0.717, 1.165) is 12.1 Å². The van der Waals surface area contributed by atoms with Crippen molar-refractivity contribution < 1.29 is 27.4 Å². The molecule has 0 N–H and O–H groups in total. The summed E-state index contributed by atoms with van der Waals surface area (Å²) in [5.74, 6) is -0.973. The molecule has 110 valence electrons. The Kier molecular flexibility index (Phi) is 4.06. The van der Waals surface area contributed by atoms with E-state index in [1.54, 1.807) is 0 Å². The van der Waals surface area contributed by atoms with Gasteiger partial charge < -0.3 is 9.47 Å². The average Bonchev–Trinajstić information content (AvgIpc) is 2.45. The van der Waals surface area contributed by atoms with Crippen LogP contribution < -0.4 is 4.74 Å². The molecule has 0 fully saturated rings. The van der Waals surface area contributed by atoms with E-state index in [1.165, 1.54) is 31.5 Å². The van der Waals surface area contributed by atoms with Crippen LogP contribution in [0.3, 0.4) is 0 Å². The van der Waals surface area contributed by atoms with E-state index in [2.05, 4.69) is 19.4 Å². The first-order valence-corrected chi connectivity index (χ1v) is 5.66. The van der Waals surface area contributed by atoms with Crippen molar-refractivity contribution in [1.82, 2.24) is 9.97 Å². The third kappa shape index (κ3) is 3.91. The first-order valence-electron chi connectivity index (χ1n) is 5.66. The summed E-state index contributed by atoms with van der Waals surface area (Å²) in [6.45, 7) is 0. The minimum absolute atomic E-state index is 0.00430. The number of esters is 1. The van der Waals surface area contributed by atoms with Crippen molar-refractivity contribution in [2.24, 2.45) is 0 Å². The summed E-state index contributed by atoms with van der Waals surface area (Å²) in [6.07, 6.45) is -3.47. The largest absolute Gasteiger partial charge is 0.573 e. The quantitative estimate of drug-likeness (QED) is 0.815. The second-order valence-corrected chi connectivity index (χ2v) is 3.83. The van der Waals surface area contributed by atoms with Gasteiger partial charge in [0, 0.05) is 11.8 Å². The number of aromatic nitrogens is 2. The van der Waals surface area contributed by atoms with Crippen molar-refractivity contribution >= 4 is 5.97 Å². The van der Waals surface area contributed by atoms with Gasteiger partial charge in [-0.3, -0.25) is 0 Å². The highest BCUT2D eigenvalue weighted by Gasteiger charge is 2.31. The van der Waals surface area contributed by atoms with Gasteiger partial charge in [-0.25, -0.2) is 14.8 Å². The number of hydrogen-bond donors (Lipinski definition) is 0. The zero-order valence-electron chi connectivity index (χ0n) is 10.7. The number of methoxy groups -OCH3 is 1. The van der Waals surface area contributed by atoms with E-state index >= 15 is 0 Å². The van der Waals surface area contributed by atoms with Crippen LogP contribution in [0.2, 0.25) is 0 Å². The number of benzene rings is 1. The summed E-state index contributed by atoms with van der Waals surface area (Å²) >= 11 is 0. The number of halogens is 3. The van der Waals surface area contributed by atoms with Gasteiger partial charge in [0.05, 0.1) is 7.11 Å². The monoisotopic (exact) mass is 298 g/mol. The van der Waals surface area contributed by atoms with Crippen LogP contribution in [-0.4, -0.2) is 29.4 Å². The smallest absolute Gasteiger partial charge is 0.464 e. The number of ether oxygens (including phenoxy) is 2. The molecule has 0 aliphatic carbocycles. The lowest BCUT2D eigenvalue weighted by atomic mass is 10.2. The summed E-state index contributed by atoms with van der Waals surface area (Å²) < 4.78 is 44.9. The van der Waals surface area contributed by atoms with Crippen molar-refractivity contribution in [3.8, 4) is 17.1 Å². The highest BCUT2D eigenvalue weighted by Crippen LogP contribution is 2.26. The molecule has 2 aromatic rings. The van der Waals surface area contributed by atoms with Crippen LogP contribution >= 0.6 is 0 Å². The van der Waals surface area contributed by atoms with E-state index in [0.29, 0.717) is 0 Å².